The molecule has 0 heterocycles. The molecule has 0 bridgehead atoms. The molecule has 0 saturated carbocycles. The van der Waals surface area contributed by atoms with Crippen LogP contribution in [-0.4, -0.2) is 12.4 Å². The summed E-state index contributed by atoms with van der Waals surface area (Å²) in [4.78, 5) is 0. The van der Waals surface area contributed by atoms with Crippen LogP contribution in [0, 0.1) is 5.41 Å². The Bertz CT molecular complexity index is 553. The van der Waals surface area contributed by atoms with E-state index in [0.717, 1.165) is 18.1 Å². The van der Waals surface area contributed by atoms with Gasteiger partial charge in [-0.3, -0.25) is 0 Å². The van der Waals surface area contributed by atoms with E-state index in [1.807, 2.05) is 0 Å². The van der Waals surface area contributed by atoms with Crippen LogP contribution < -0.4 is 4.74 Å². The van der Waals surface area contributed by atoms with Gasteiger partial charge in [0, 0.05) is 10.8 Å². The number of hydrogen-bond donors (Lipinski definition) is 1. The third-order valence-electron chi connectivity index (χ3n) is 4.18. The van der Waals surface area contributed by atoms with E-state index in [1.54, 1.807) is 0 Å². The van der Waals surface area contributed by atoms with Crippen molar-refractivity contribution in [2.75, 3.05) is 12.4 Å². The molecule has 114 valence electrons. The van der Waals surface area contributed by atoms with Crippen LogP contribution in [0.3, 0.4) is 0 Å². The minimum Gasteiger partial charge on any atom is -0.492 e. The molecule has 0 aliphatic heterocycles. The maximum Gasteiger partial charge on any atom is 0.127 e. The summed E-state index contributed by atoms with van der Waals surface area (Å²) in [5, 5.41) is 2.43. The third-order valence-corrected chi connectivity index (χ3v) is 4.85. The van der Waals surface area contributed by atoms with Gasteiger partial charge in [-0.2, -0.15) is 12.6 Å². The first-order valence-corrected chi connectivity index (χ1v) is 8.59. The van der Waals surface area contributed by atoms with E-state index in [4.69, 9.17) is 4.74 Å². The lowest BCUT2D eigenvalue weighted by atomic mass is 9.82. The van der Waals surface area contributed by atoms with E-state index < -0.39 is 0 Å². The summed E-state index contributed by atoms with van der Waals surface area (Å²) in [5.41, 5.74) is 0.198. The molecule has 1 nitrogen and oxygen atoms in total. The fraction of sp³-hybridized carbons (Fsp3) is 0.474. The van der Waals surface area contributed by atoms with Crippen LogP contribution in [0.25, 0.3) is 10.8 Å². The summed E-state index contributed by atoms with van der Waals surface area (Å²) < 4.78 is 6.23. The van der Waals surface area contributed by atoms with E-state index in [9.17, 15) is 0 Å². The van der Waals surface area contributed by atoms with Gasteiger partial charge < -0.3 is 4.74 Å². The van der Waals surface area contributed by atoms with Gasteiger partial charge in [0.15, 0.2) is 0 Å². The molecule has 21 heavy (non-hydrogen) atoms. The van der Waals surface area contributed by atoms with Gasteiger partial charge in [-0.15, -0.1) is 0 Å². The summed E-state index contributed by atoms with van der Waals surface area (Å²) in [6, 6.07) is 14.7. The first-order valence-electron chi connectivity index (χ1n) is 7.96. The fourth-order valence-corrected chi connectivity index (χ4v) is 3.49. The van der Waals surface area contributed by atoms with Crippen molar-refractivity contribution in [3.8, 4) is 5.75 Å². The van der Waals surface area contributed by atoms with Crippen molar-refractivity contribution < 1.29 is 4.74 Å². The van der Waals surface area contributed by atoms with Crippen molar-refractivity contribution in [1.82, 2.24) is 0 Å². The molecule has 2 aromatic rings. The molecule has 0 spiro atoms. The van der Waals surface area contributed by atoms with Gasteiger partial charge in [0.05, 0.1) is 6.61 Å². The Hall–Kier alpha value is -1.15. The van der Waals surface area contributed by atoms with Gasteiger partial charge >= 0.3 is 0 Å². The van der Waals surface area contributed by atoms with Crippen molar-refractivity contribution in [1.29, 1.82) is 0 Å². The van der Waals surface area contributed by atoms with Gasteiger partial charge in [0.2, 0.25) is 0 Å². The second-order valence-corrected chi connectivity index (χ2v) is 6.24. The Morgan fingerprint density at radius 1 is 0.952 bits per heavy atom. The zero-order chi connectivity index (χ0) is 15.1. The van der Waals surface area contributed by atoms with Gasteiger partial charge in [0.1, 0.15) is 5.75 Å². The zero-order valence-corrected chi connectivity index (χ0v) is 14.0. The fourth-order valence-electron chi connectivity index (χ4n) is 3.09. The molecule has 2 aromatic carbocycles. The van der Waals surface area contributed by atoms with Crippen molar-refractivity contribution >= 4 is 23.4 Å². The highest BCUT2D eigenvalue weighted by Crippen LogP contribution is 2.34. The molecular formula is C19H26OS. The maximum absolute atomic E-state index is 6.23. The Labute approximate surface area is 134 Å². The molecule has 0 amide bonds. The summed E-state index contributed by atoms with van der Waals surface area (Å²) >= 11 is 4.61. The van der Waals surface area contributed by atoms with Crippen LogP contribution in [0.15, 0.2) is 42.5 Å². The van der Waals surface area contributed by atoms with Crippen LogP contribution >= 0.6 is 12.6 Å². The quantitative estimate of drug-likeness (QED) is 0.612. The summed E-state index contributed by atoms with van der Waals surface area (Å²) in [6.45, 7) is 5.24. The Morgan fingerprint density at radius 3 is 2.29 bits per heavy atom. The smallest absolute Gasteiger partial charge is 0.127 e. The van der Waals surface area contributed by atoms with E-state index in [0.29, 0.717) is 0 Å². The molecule has 0 saturated heterocycles. The van der Waals surface area contributed by atoms with E-state index in [1.165, 1.54) is 36.5 Å². The number of rotatable bonds is 8. The predicted octanol–water partition coefficient (Wildman–Crippen LogP) is 5.74. The van der Waals surface area contributed by atoms with E-state index >= 15 is 0 Å². The second kappa shape index (κ2) is 7.74. The lowest BCUT2D eigenvalue weighted by Crippen LogP contribution is -2.30. The summed E-state index contributed by atoms with van der Waals surface area (Å²) in [7, 11) is 0. The standard InChI is InChI=1S/C19H26OS/c1-3-12-19(15-21,13-4-2)14-20-18-11-7-9-16-8-5-6-10-17(16)18/h5-11,21H,3-4,12-15H2,1-2H3. The molecule has 0 N–H and O–H groups in total. The van der Waals surface area contributed by atoms with E-state index in [-0.39, 0.29) is 5.41 Å². The van der Waals surface area contributed by atoms with Crippen molar-refractivity contribution in [3.63, 3.8) is 0 Å². The monoisotopic (exact) mass is 302 g/mol. The van der Waals surface area contributed by atoms with Crippen LogP contribution in [-0.2, 0) is 0 Å². The molecular weight excluding hydrogens is 276 g/mol. The number of hydrogen-bond acceptors (Lipinski definition) is 2. The number of benzene rings is 2. The molecule has 0 aliphatic carbocycles. The first kappa shape index (κ1) is 16.2. The SMILES string of the molecule is CCCC(CS)(CCC)COc1cccc2ccccc12. The lowest BCUT2D eigenvalue weighted by Gasteiger charge is -2.32. The highest BCUT2D eigenvalue weighted by molar-refractivity contribution is 7.80. The van der Waals surface area contributed by atoms with Gasteiger partial charge in [-0.05, 0) is 30.0 Å². The van der Waals surface area contributed by atoms with Crippen molar-refractivity contribution in [3.05, 3.63) is 42.5 Å². The van der Waals surface area contributed by atoms with Gasteiger partial charge in [-0.1, -0.05) is 63.1 Å². The highest BCUT2D eigenvalue weighted by atomic mass is 32.1. The van der Waals surface area contributed by atoms with Crippen LogP contribution in [0.5, 0.6) is 5.75 Å². The molecule has 0 aliphatic rings. The minimum absolute atomic E-state index is 0.198. The minimum atomic E-state index is 0.198. The van der Waals surface area contributed by atoms with Gasteiger partial charge in [-0.25, -0.2) is 0 Å². The molecule has 0 aromatic heterocycles. The van der Waals surface area contributed by atoms with Crippen LogP contribution in [0.1, 0.15) is 39.5 Å². The number of thiol groups is 1. The summed E-state index contributed by atoms with van der Waals surface area (Å²) in [5.74, 6) is 1.88. The molecule has 2 heteroatoms. The zero-order valence-electron chi connectivity index (χ0n) is 13.1. The predicted molar refractivity (Wildman–Crippen MR) is 95.5 cm³/mol. The number of ether oxygens (including phenoxy) is 1. The van der Waals surface area contributed by atoms with Crippen LogP contribution in [0.2, 0.25) is 0 Å². The Kier molecular flexibility index (Phi) is 5.98. The van der Waals surface area contributed by atoms with Crippen molar-refractivity contribution in [2.24, 2.45) is 5.41 Å². The lowest BCUT2D eigenvalue weighted by molar-refractivity contribution is 0.145. The van der Waals surface area contributed by atoms with Gasteiger partial charge in [0.25, 0.3) is 0 Å². The Balaban J connectivity index is 2.19. The topological polar surface area (TPSA) is 9.23 Å². The van der Waals surface area contributed by atoms with Crippen LogP contribution in [0.4, 0.5) is 0 Å². The van der Waals surface area contributed by atoms with E-state index in [2.05, 4.69) is 68.9 Å². The second-order valence-electron chi connectivity index (χ2n) is 5.92. The maximum atomic E-state index is 6.23. The molecule has 0 atom stereocenters. The molecule has 0 radical (unpaired) electrons. The average molecular weight is 302 g/mol. The summed E-state index contributed by atoms with van der Waals surface area (Å²) in [6.07, 6.45) is 4.71. The highest BCUT2D eigenvalue weighted by Gasteiger charge is 2.28. The Morgan fingerprint density at radius 2 is 1.62 bits per heavy atom. The molecule has 0 unspecified atom stereocenters. The molecule has 2 rings (SSSR count). The average Bonchev–Trinajstić information content (AvgIpc) is 2.53. The third kappa shape index (κ3) is 3.94. The first-order chi connectivity index (χ1) is 10.2. The molecule has 0 fully saturated rings. The largest absolute Gasteiger partial charge is 0.492 e. The van der Waals surface area contributed by atoms with Crippen molar-refractivity contribution in [2.45, 2.75) is 39.5 Å². The number of fused-ring (bicyclic) bond motifs is 1. The normalized spacial score (nSPS) is 11.8.